The van der Waals surface area contributed by atoms with E-state index in [1.54, 1.807) is 30.3 Å². The molecule has 27 heavy (non-hydrogen) atoms. The van der Waals surface area contributed by atoms with Gasteiger partial charge in [-0.25, -0.2) is 8.42 Å². The molecule has 6 nitrogen and oxygen atoms in total. The maximum Gasteiger partial charge on any atom is 0.261 e. The molecule has 0 radical (unpaired) electrons. The van der Waals surface area contributed by atoms with Crippen molar-refractivity contribution in [3.05, 3.63) is 52.5 Å². The smallest absolute Gasteiger partial charge is 0.261 e. The first kappa shape index (κ1) is 21.2. The number of hydrogen-bond donors (Lipinski definition) is 2. The van der Waals surface area contributed by atoms with Gasteiger partial charge in [0.1, 0.15) is 5.75 Å². The van der Waals surface area contributed by atoms with Gasteiger partial charge in [-0.3, -0.25) is 9.52 Å². The van der Waals surface area contributed by atoms with E-state index in [1.165, 1.54) is 19.2 Å². The van der Waals surface area contributed by atoms with Crippen molar-refractivity contribution in [3.8, 4) is 5.75 Å². The molecule has 2 rings (SSSR count). The summed E-state index contributed by atoms with van der Waals surface area (Å²) in [4.78, 5) is 12.4. The van der Waals surface area contributed by atoms with Gasteiger partial charge in [0.05, 0.1) is 22.2 Å². The van der Waals surface area contributed by atoms with E-state index in [0.717, 1.165) is 12.8 Å². The van der Waals surface area contributed by atoms with E-state index in [9.17, 15) is 13.2 Å². The highest BCUT2D eigenvalue weighted by atomic mass is 79.9. The largest absolute Gasteiger partial charge is 0.496 e. The quantitative estimate of drug-likeness (QED) is 0.626. The summed E-state index contributed by atoms with van der Waals surface area (Å²) in [7, 11) is -2.31. The van der Waals surface area contributed by atoms with Crippen LogP contribution in [0.4, 0.5) is 5.69 Å². The number of methoxy groups -OCH3 is 1. The zero-order valence-electron chi connectivity index (χ0n) is 15.5. The maximum absolute atomic E-state index is 12.7. The summed E-state index contributed by atoms with van der Waals surface area (Å²) in [5.41, 5.74) is 0.690. The number of carbonyl (C=O) groups is 1. The minimum Gasteiger partial charge on any atom is -0.496 e. The molecule has 2 N–H and O–H groups in total. The van der Waals surface area contributed by atoms with Crippen molar-refractivity contribution in [2.75, 3.05) is 11.8 Å². The highest BCUT2D eigenvalue weighted by molar-refractivity contribution is 9.10. The Morgan fingerprint density at radius 3 is 2.44 bits per heavy atom. The Bertz CT molecular complexity index is 912. The van der Waals surface area contributed by atoms with E-state index in [-0.39, 0.29) is 16.8 Å². The van der Waals surface area contributed by atoms with E-state index >= 15 is 0 Å². The number of nitrogens with one attached hydrogen (secondary N) is 2. The number of ether oxygens (including phenoxy) is 1. The van der Waals surface area contributed by atoms with Gasteiger partial charge >= 0.3 is 0 Å². The van der Waals surface area contributed by atoms with Gasteiger partial charge in [0.15, 0.2) is 0 Å². The Morgan fingerprint density at radius 1 is 1.15 bits per heavy atom. The third-order valence-corrected chi connectivity index (χ3v) is 6.13. The number of amides is 1. The van der Waals surface area contributed by atoms with Gasteiger partial charge in [0, 0.05) is 11.6 Å². The topological polar surface area (TPSA) is 84.5 Å². The van der Waals surface area contributed by atoms with Crippen molar-refractivity contribution < 1.29 is 17.9 Å². The Hall–Kier alpha value is -2.06. The lowest BCUT2D eigenvalue weighted by atomic mass is 10.1. The number of halogens is 1. The van der Waals surface area contributed by atoms with Crippen LogP contribution in [0.1, 0.15) is 37.0 Å². The van der Waals surface area contributed by atoms with Gasteiger partial charge in [0.25, 0.3) is 15.9 Å². The fourth-order valence-corrected chi connectivity index (χ4v) is 4.15. The predicted molar refractivity (Wildman–Crippen MR) is 110 cm³/mol. The van der Waals surface area contributed by atoms with Crippen LogP contribution in [-0.4, -0.2) is 27.5 Å². The number of benzene rings is 2. The minimum atomic E-state index is -3.84. The van der Waals surface area contributed by atoms with Crippen molar-refractivity contribution >= 4 is 37.5 Å². The molecule has 146 valence electrons. The minimum absolute atomic E-state index is 0.0200. The van der Waals surface area contributed by atoms with Crippen LogP contribution in [0.2, 0.25) is 0 Å². The number of hydrogen-bond acceptors (Lipinski definition) is 4. The molecule has 0 aliphatic heterocycles. The summed E-state index contributed by atoms with van der Waals surface area (Å²) in [5.74, 6) is 0.311. The maximum atomic E-state index is 12.7. The average molecular weight is 455 g/mol. The number of rotatable bonds is 8. The second-order valence-electron chi connectivity index (χ2n) is 5.97. The molecule has 0 bridgehead atoms. The average Bonchev–Trinajstić information content (AvgIpc) is 2.66. The fraction of sp³-hybridized carbons (Fsp3) is 0.316. The third-order valence-electron chi connectivity index (χ3n) is 4.13. The molecule has 2 aromatic carbocycles. The van der Waals surface area contributed by atoms with Gasteiger partial charge in [-0.05, 0) is 65.2 Å². The molecule has 0 heterocycles. The van der Waals surface area contributed by atoms with Crippen LogP contribution < -0.4 is 14.8 Å². The second-order valence-corrected chi connectivity index (χ2v) is 8.51. The van der Waals surface area contributed by atoms with Gasteiger partial charge in [-0.1, -0.05) is 19.9 Å². The second kappa shape index (κ2) is 9.23. The zero-order valence-corrected chi connectivity index (χ0v) is 17.9. The zero-order chi connectivity index (χ0) is 20.0. The molecule has 0 fully saturated rings. The summed E-state index contributed by atoms with van der Waals surface area (Å²) >= 11 is 3.33. The Kier molecular flexibility index (Phi) is 7.26. The van der Waals surface area contributed by atoms with E-state index in [2.05, 4.69) is 26.0 Å². The van der Waals surface area contributed by atoms with Crippen LogP contribution >= 0.6 is 15.9 Å². The first-order valence-electron chi connectivity index (χ1n) is 8.58. The summed E-state index contributed by atoms with van der Waals surface area (Å²) in [6, 6.07) is 10.9. The van der Waals surface area contributed by atoms with E-state index in [4.69, 9.17) is 4.74 Å². The molecule has 0 unspecified atom stereocenters. The Balaban J connectivity index is 2.24. The van der Waals surface area contributed by atoms with Gasteiger partial charge in [-0.2, -0.15) is 0 Å². The van der Waals surface area contributed by atoms with Gasteiger partial charge in [0.2, 0.25) is 0 Å². The van der Waals surface area contributed by atoms with Gasteiger partial charge in [-0.15, -0.1) is 0 Å². The SMILES string of the molecule is CCC(CC)NC(=O)c1cccc(S(=O)(=O)Nc2ccc(OC)c(Br)c2)c1. The molecule has 0 spiro atoms. The van der Waals surface area contributed by atoms with E-state index in [1.807, 2.05) is 13.8 Å². The monoisotopic (exact) mass is 454 g/mol. The number of carbonyl (C=O) groups excluding carboxylic acids is 1. The first-order valence-corrected chi connectivity index (χ1v) is 10.9. The fourth-order valence-electron chi connectivity index (χ4n) is 2.51. The lowest BCUT2D eigenvalue weighted by Gasteiger charge is -2.15. The van der Waals surface area contributed by atoms with Crippen molar-refractivity contribution in [3.63, 3.8) is 0 Å². The van der Waals surface area contributed by atoms with Crippen LogP contribution in [0.3, 0.4) is 0 Å². The summed E-state index contributed by atoms with van der Waals surface area (Å²) < 4.78 is 33.7. The van der Waals surface area contributed by atoms with Crippen LogP contribution in [0, 0.1) is 0 Å². The van der Waals surface area contributed by atoms with Crippen molar-refractivity contribution in [1.29, 1.82) is 0 Å². The molecule has 0 aliphatic rings. The van der Waals surface area contributed by atoms with Crippen LogP contribution in [0.25, 0.3) is 0 Å². The molecular formula is C19H23BrN2O4S. The normalized spacial score (nSPS) is 11.3. The standard InChI is InChI=1S/C19H23BrN2O4S/c1-4-14(5-2)21-19(23)13-7-6-8-16(11-13)27(24,25)22-15-9-10-18(26-3)17(20)12-15/h6-12,14,22H,4-5H2,1-3H3,(H,21,23). The third kappa shape index (κ3) is 5.46. The van der Waals surface area contributed by atoms with Crippen LogP contribution in [0.15, 0.2) is 51.8 Å². The van der Waals surface area contributed by atoms with Gasteiger partial charge < -0.3 is 10.1 Å². The van der Waals surface area contributed by atoms with E-state index < -0.39 is 10.0 Å². The number of anilines is 1. The molecule has 0 saturated heterocycles. The lowest BCUT2D eigenvalue weighted by molar-refractivity contribution is 0.0934. The Labute approximate surface area is 168 Å². The first-order chi connectivity index (χ1) is 12.8. The van der Waals surface area contributed by atoms with Crippen LogP contribution in [0.5, 0.6) is 5.75 Å². The molecule has 0 atom stereocenters. The molecule has 1 amide bonds. The Morgan fingerprint density at radius 2 is 1.85 bits per heavy atom. The molecule has 8 heteroatoms. The number of sulfonamides is 1. The summed E-state index contributed by atoms with van der Waals surface area (Å²) in [6.45, 7) is 3.98. The van der Waals surface area contributed by atoms with Crippen molar-refractivity contribution in [1.82, 2.24) is 5.32 Å². The highest BCUT2D eigenvalue weighted by Gasteiger charge is 2.18. The summed E-state index contributed by atoms with van der Waals surface area (Å²) in [5, 5.41) is 2.91. The molecule has 0 saturated carbocycles. The molecule has 0 aromatic heterocycles. The molecule has 0 aliphatic carbocycles. The highest BCUT2D eigenvalue weighted by Crippen LogP contribution is 2.29. The lowest BCUT2D eigenvalue weighted by Crippen LogP contribution is -2.33. The van der Waals surface area contributed by atoms with E-state index in [0.29, 0.717) is 21.5 Å². The van der Waals surface area contributed by atoms with Crippen LogP contribution in [-0.2, 0) is 10.0 Å². The van der Waals surface area contributed by atoms with Crippen molar-refractivity contribution in [2.24, 2.45) is 0 Å². The predicted octanol–water partition coefficient (Wildman–Crippen LogP) is 4.18. The molecule has 2 aromatic rings. The van der Waals surface area contributed by atoms with Crippen molar-refractivity contribution in [2.45, 2.75) is 37.6 Å². The summed E-state index contributed by atoms with van der Waals surface area (Å²) in [6.07, 6.45) is 1.63. The molecular weight excluding hydrogens is 432 g/mol.